The molecule has 0 aromatic carbocycles. The Kier molecular flexibility index (Phi) is 5.83. The summed E-state index contributed by atoms with van der Waals surface area (Å²) < 4.78 is 92.5. The van der Waals surface area contributed by atoms with Gasteiger partial charge in [-0.05, 0) is 25.3 Å². The van der Waals surface area contributed by atoms with E-state index in [0.717, 1.165) is 12.4 Å². The van der Waals surface area contributed by atoms with Crippen LogP contribution < -0.4 is 10.2 Å². The predicted octanol–water partition coefficient (Wildman–Crippen LogP) is 3.52. The van der Waals surface area contributed by atoms with Crippen LogP contribution in [-0.2, 0) is 16.2 Å². The summed E-state index contributed by atoms with van der Waals surface area (Å²) in [6.07, 6.45) is -1.95. The molecule has 0 atom stereocenters. The molecule has 2 fully saturated rings. The summed E-state index contributed by atoms with van der Waals surface area (Å²) in [7, 11) is -3.70. The van der Waals surface area contributed by atoms with Crippen LogP contribution in [0, 0.1) is 0 Å². The van der Waals surface area contributed by atoms with Crippen molar-refractivity contribution in [3.63, 3.8) is 0 Å². The number of rotatable bonds is 5. The molecule has 1 N–H and O–H groups in total. The van der Waals surface area contributed by atoms with Crippen LogP contribution in [-0.4, -0.2) is 52.8 Å². The van der Waals surface area contributed by atoms with Gasteiger partial charge in [0, 0.05) is 32.1 Å². The van der Waals surface area contributed by atoms with E-state index >= 15 is 0 Å². The molecule has 1 aliphatic heterocycles. The first-order valence-corrected chi connectivity index (χ1v) is 11.7. The van der Waals surface area contributed by atoms with Gasteiger partial charge in [0.15, 0.2) is 0 Å². The Labute approximate surface area is 185 Å². The Morgan fingerprint density at radius 1 is 1.15 bits per heavy atom. The third kappa shape index (κ3) is 5.09. The topological polar surface area (TPSA) is 97.2 Å². The summed E-state index contributed by atoms with van der Waals surface area (Å²) in [6.45, 7) is -0.102. The van der Waals surface area contributed by atoms with Gasteiger partial charge in [0.25, 0.3) is 15.9 Å². The molecule has 2 aromatic heterocycles. The molecular formula is C19H20F5N5O3S. The number of hydrogen-bond acceptors (Lipinski definition) is 6. The number of nitrogens with one attached hydrogen (secondary N) is 1. The zero-order valence-corrected chi connectivity index (χ0v) is 18.0. The summed E-state index contributed by atoms with van der Waals surface area (Å²) in [5, 5.41) is 5.49. The number of hydrogen-bond donors (Lipinski definition) is 1. The SMILES string of the molecule is O=C(Nc1cnn(S(=O)(=O)C2CC2)c1)c1cc(C(F)(F)F)cnc1N1CCCC(F)(F)CC1. The highest BCUT2D eigenvalue weighted by molar-refractivity contribution is 7.90. The lowest BCUT2D eigenvalue weighted by atomic mass is 10.1. The van der Waals surface area contributed by atoms with Crippen molar-refractivity contribution < 1.29 is 35.2 Å². The molecule has 3 heterocycles. The quantitative estimate of drug-likeness (QED) is 0.641. The van der Waals surface area contributed by atoms with E-state index in [1.54, 1.807) is 0 Å². The molecule has 33 heavy (non-hydrogen) atoms. The lowest BCUT2D eigenvalue weighted by Gasteiger charge is -2.24. The number of nitrogens with zero attached hydrogens (tertiary/aromatic N) is 4. The Bertz CT molecular complexity index is 1160. The standard InChI is InChI=1S/C19H20F5N5O3S/c20-18(21)4-1-6-28(7-5-18)16-15(8-12(9-25-16)19(22,23)24)17(30)27-13-10-26-29(11-13)33(31,32)14-2-3-14/h8-11,14H,1-7H2,(H,27,30). The molecule has 0 spiro atoms. The lowest BCUT2D eigenvalue weighted by molar-refractivity contribution is -0.137. The van der Waals surface area contributed by atoms with Crippen molar-refractivity contribution >= 4 is 27.4 Å². The van der Waals surface area contributed by atoms with E-state index in [-0.39, 0.29) is 37.4 Å². The van der Waals surface area contributed by atoms with Gasteiger partial charge in [-0.15, -0.1) is 0 Å². The molecule has 1 saturated carbocycles. The second-order valence-corrected chi connectivity index (χ2v) is 10.2. The second kappa shape index (κ2) is 8.22. The van der Waals surface area contributed by atoms with Gasteiger partial charge in [0.2, 0.25) is 5.92 Å². The van der Waals surface area contributed by atoms with E-state index in [1.807, 2.05) is 0 Å². The van der Waals surface area contributed by atoms with Crippen LogP contribution in [0.2, 0.25) is 0 Å². The first-order chi connectivity index (χ1) is 15.4. The van der Waals surface area contributed by atoms with E-state index in [0.29, 0.717) is 29.2 Å². The third-order valence-corrected chi connectivity index (χ3v) is 7.52. The number of pyridine rings is 1. The van der Waals surface area contributed by atoms with Gasteiger partial charge < -0.3 is 10.2 Å². The largest absolute Gasteiger partial charge is 0.417 e. The van der Waals surface area contributed by atoms with Crippen molar-refractivity contribution in [1.82, 2.24) is 14.2 Å². The molecular weight excluding hydrogens is 473 g/mol. The molecule has 4 rings (SSSR count). The van der Waals surface area contributed by atoms with Crippen LogP contribution in [0.15, 0.2) is 24.7 Å². The minimum Gasteiger partial charge on any atom is -0.356 e. The van der Waals surface area contributed by atoms with Gasteiger partial charge in [-0.1, -0.05) is 0 Å². The minimum atomic E-state index is -4.78. The number of amides is 1. The number of aromatic nitrogens is 3. The molecule has 180 valence electrons. The van der Waals surface area contributed by atoms with Crippen LogP contribution in [0.4, 0.5) is 33.5 Å². The monoisotopic (exact) mass is 493 g/mol. The van der Waals surface area contributed by atoms with Crippen LogP contribution in [0.25, 0.3) is 0 Å². The van der Waals surface area contributed by atoms with Gasteiger partial charge in [-0.25, -0.2) is 22.2 Å². The summed E-state index contributed by atoms with van der Waals surface area (Å²) in [5.74, 6) is -4.07. The van der Waals surface area contributed by atoms with Crippen molar-refractivity contribution in [2.75, 3.05) is 23.3 Å². The normalized spacial score (nSPS) is 19.2. The number of anilines is 2. The van der Waals surface area contributed by atoms with Crippen molar-refractivity contribution in [3.8, 4) is 0 Å². The number of carbonyl (C=O) groups excluding carboxylic acids is 1. The molecule has 1 saturated heterocycles. The highest BCUT2D eigenvalue weighted by Crippen LogP contribution is 2.34. The lowest BCUT2D eigenvalue weighted by Crippen LogP contribution is -2.29. The molecule has 1 aliphatic carbocycles. The maximum atomic E-state index is 13.7. The maximum Gasteiger partial charge on any atom is 0.417 e. The summed E-state index contributed by atoms with van der Waals surface area (Å²) in [4.78, 5) is 18.0. The molecule has 0 radical (unpaired) electrons. The summed E-state index contributed by atoms with van der Waals surface area (Å²) in [5.41, 5.74) is -1.69. The molecule has 1 amide bonds. The van der Waals surface area contributed by atoms with Crippen LogP contribution in [0.1, 0.15) is 48.0 Å². The zero-order chi connectivity index (χ0) is 24.0. The molecule has 0 unspecified atom stereocenters. The van der Waals surface area contributed by atoms with Crippen molar-refractivity contribution in [1.29, 1.82) is 0 Å². The zero-order valence-electron chi connectivity index (χ0n) is 17.1. The molecule has 0 bridgehead atoms. The highest BCUT2D eigenvalue weighted by atomic mass is 32.2. The Hall–Kier alpha value is -2.77. The average molecular weight is 493 g/mol. The number of alkyl halides is 5. The molecule has 14 heteroatoms. The van der Waals surface area contributed by atoms with E-state index in [4.69, 9.17) is 0 Å². The van der Waals surface area contributed by atoms with E-state index < -0.39 is 50.8 Å². The van der Waals surface area contributed by atoms with E-state index in [9.17, 15) is 35.2 Å². The van der Waals surface area contributed by atoms with Gasteiger partial charge >= 0.3 is 6.18 Å². The number of halogens is 5. The van der Waals surface area contributed by atoms with Crippen molar-refractivity contribution in [2.24, 2.45) is 0 Å². The Balaban J connectivity index is 1.63. The van der Waals surface area contributed by atoms with Gasteiger partial charge in [-0.2, -0.15) is 22.4 Å². The first-order valence-electron chi connectivity index (χ1n) is 10.2. The van der Waals surface area contributed by atoms with Gasteiger partial charge in [-0.3, -0.25) is 4.79 Å². The second-order valence-electron chi connectivity index (χ2n) is 8.09. The number of carbonyl (C=O) groups is 1. The summed E-state index contributed by atoms with van der Waals surface area (Å²) >= 11 is 0. The predicted molar refractivity (Wildman–Crippen MR) is 108 cm³/mol. The van der Waals surface area contributed by atoms with E-state index in [1.165, 1.54) is 4.90 Å². The average Bonchev–Trinajstić information content (AvgIpc) is 3.51. The summed E-state index contributed by atoms with van der Waals surface area (Å²) in [6, 6.07) is 0.603. The first kappa shape index (κ1) is 23.4. The maximum absolute atomic E-state index is 13.7. The molecule has 8 nitrogen and oxygen atoms in total. The Morgan fingerprint density at radius 3 is 2.55 bits per heavy atom. The van der Waals surface area contributed by atoms with Crippen LogP contribution in [0.5, 0.6) is 0 Å². The highest BCUT2D eigenvalue weighted by Gasteiger charge is 2.38. The van der Waals surface area contributed by atoms with Crippen LogP contribution in [0.3, 0.4) is 0 Å². The Morgan fingerprint density at radius 2 is 1.88 bits per heavy atom. The minimum absolute atomic E-state index is 0.0463. The van der Waals surface area contributed by atoms with Gasteiger partial charge in [0.1, 0.15) is 5.82 Å². The van der Waals surface area contributed by atoms with Crippen LogP contribution >= 0.6 is 0 Å². The fourth-order valence-corrected chi connectivity index (χ4v) is 5.01. The van der Waals surface area contributed by atoms with Crippen molar-refractivity contribution in [2.45, 2.75) is 49.5 Å². The fraction of sp³-hybridized carbons (Fsp3) is 0.526. The van der Waals surface area contributed by atoms with Crippen molar-refractivity contribution in [3.05, 3.63) is 35.8 Å². The van der Waals surface area contributed by atoms with E-state index in [2.05, 4.69) is 15.4 Å². The fourth-order valence-electron chi connectivity index (χ4n) is 3.53. The third-order valence-electron chi connectivity index (χ3n) is 5.48. The molecule has 2 aliphatic rings. The smallest absolute Gasteiger partial charge is 0.356 e. The van der Waals surface area contributed by atoms with Gasteiger partial charge in [0.05, 0.1) is 34.5 Å². The molecule has 2 aromatic rings.